The Kier molecular flexibility index (Phi) is 5.98. The maximum Gasteiger partial charge on any atom is 0.244 e. The van der Waals surface area contributed by atoms with E-state index in [9.17, 15) is 9.59 Å². The topological polar surface area (TPSA) is 61.9 Å². The van der Waals surface area contributed by atoms with E-state index in [1.807, 2.05) is 40.1 Å². The normalized spacial score (nSPS) is 20.4. The first-order valence-electron chi connectivity index (χ1n) is 11.7. The molecule has 5 rings (SSSR count). The Morgan fingerprint density at radius 2 is 1.59 bits per heavy atom. The van der Waals surface area contributed by atoms with Crippen molar-refractivity contribution >= 4 is 11.8 Å². The Balaban J connectivity index is 1.21. The third kappa shape index (κ3) is 4.05. The Hall–Kier alpha value is -2.70. The summed E-state index contributed by atoms with van der Waals surface area (Å²) in [6.45, 7) is 3.75. The van der Waals surface area contributed by atoms with Crippen LogP contribution in [-0.4, -0.2) is 54.3 Å². The van der Waals surface area contributed by atoms with Crippen molar-refractivity contribution in [3.8, 4) is 0 Å². The Bertz CT molecular complexity index is 963. The highest BCUT2D eigenvalue weighted by molar-refractivity contribution is 5.85. The molecular weight excluding hydrogens is 402 g/mol. The van der Waals surface area contributed by atoms with Gasteiger partial charge in [-0.05, 0) is 42.4 Å². The van der Waals surface area contributed by atoms with Crippen LogP contribution in [-0.2, 0) is 26.5 Å². The molecule has 3 heterocycles. The zero-order chi connectivity index (χ0) is 22.0. The summed E-state index contributed by atoms with van der Waals surface area (Å²) in [4.78, 5) is 30.0. The van der Waals surface area contributed by atoms with Gasteiger partial charge in [0.2, 0.25) is 11.8 Å². The number of carbonyl (C=O) groups excluding carboxylic acids is 2. The highest BCUT2D eigenvalue weighted by Crippen LogP contribution is 2.43. The van der Waals surface area contributed by atoms with Gasteiger partial charge < -0.3 is 14.5 Å². The lowest BCUT2D eigenvalue weighted by Crippen LogP contribution is -2.49. The van der Waals surface area contributed by atoms with Gasteiger partial charge in [-0.1, -0.05) is 54.6 Å². The zero-order valence-corrected chi connectivity index (χ0v) is 18.5. The minimum Gasteiger partial charge on any atom is -0.365 e. The fourth-order valence-corrected chi connectivity index (χ4v) is 5.33. The van der Waals surface area contributed by atoms with Crippen LogP contribution < -0.4 is 5.32 Å². The van der Waals surface area contributed by atoms with Crippen LogP contribution in [0.25, 0.3) is 0 Å². The number of likely N-dealkylation sites (tertiary alicyclic amines) is 2. The number of nitrogens with zero attached hydrogens (tertiary/aromatic N) is 2. The second-order valence-electron chi connectivity index (χ2n) is 9.08. The highest BCUT2D eigenvalue weighted by Gasteiger charge is 2.43. The van der Waals surface area contributed by atoms with Crippen molar-refractivity contribution in [3.63, 3.8) is 0 Å². The smallest absolute Gasteiger partial charge is 0.244 e. The molecule has 6 nitrogen and oxygen atoms in total. The number of benzene rings is 2. The molecule has 6 heteroatoms. The first kappa shape index (κ1) is 21.2. The molecule has 2 saturated heterocycles. The van der Waals surface area contributed by atoms with E-state index < -0.39 is 6.04 Å². The SMILES string of the molecule is O=C(CN[C@@H](C(=O)N1CCCC1)c1ccccc1)N1CCC2(CC1)OCc1ccccc12. The average Bonchev–Trinajstić information content (AvgIpc) is 3.50. The van der Waals surface area contributed by atoms with Gasteiger partial charge in [0.15, 0.2) is 0 Å². The number of hydrogen-bond acceptors (Lipinski definition) is 4. The standard InChI is InChI=1S/C26H31N3O3/c30-23(28-16-12-26(13-17-28)22-11-5-4-10-21(22)19-32-26)18-27-24(20-8-2-1-3-9-20)25(31)29-14-6-7-15-29/h1-5,8-11,24,27H,6-7,12-19H2/t24-/m1/s1. The zero-order valence-electron chi connectivity index (χ0n) is 18.5. The summed E-state index contributed by atoms with van der Waals surface area (Å²) in [5, 5.41) is 3.27. The number of carbonyl (C=O) groups is 2. The monoisotopic (exact) mass is 433 g/mol. The lowest BCUT2D eigenvalue weighted by atomic mass is 9.84. The first-order chi connectivity index (χ1) is 15.7. The molecule has 1 atom stereocenters. The minimum atomic E-state index is -0.487. The Morgan fingerprint density at radius 3 is 2.34 bits per heavy atom. The number of hydrogen-bond donors (Lipinski definition) is 1. The van der Waals surface area contributed by atoms with E-state index in [1.54, 1.807) is 0 Å². The van der Waals surface area contributed by atoms with E-state index in [2.05, 4.69) is 29.6 Å². The fraction of sp³-hybridized carbons (Fsp3) is 0.462. The Morgan fingerprint density at radius 1 is 0.906 bits per heavy atom. The molecule has 0 radical (unpaired) electrons. The second kappa shape index (κ2) is 9.04. The molecule has 1 spiro atoms. The van der Waals surface area contributed by atoms with Crippen molar-refractivity contribution < 1.29 is 14.3 Å². The quantitative estimate of drug-likeness (QED) is 0.788. The van der Waals surface area contributed by atoms with E-state index in [1.165, 1.54) is 11.1 Å². The summed E-state index contributed by atoms with van der Waals surface area (Å²) in [5.41, 5.74) is 3.20. The molecule has 32 heavy (non-hydrogen) atoms. The van der Waals surface area contributed by atoms with Crippen LogP contribution in [0.1, 0.15) is 48.4 Å². The van der Waals surface area contributed by atoms with Gasteiger partial charge in [-0.25, -0.2) is 0 Å². The van der Waals surface area contributed by atoms with Gasteiger partial charge in [0.25, 0.3) is 0 Å². The number of piperidine rings is 1. The molecule has 1 N–H and O–H groups in total. The van der Waals surface area contributed by atoms with Crippen LogP contribution in [0, 0.1) is 0 Å². The fourth-order valence-electron chi connectivity index (χ4n) is 5.33. The molecule has 3 aliphatic rings. The van der Waals surface area contributed by atoms with Crippen molar-refractivity contribution in [2.24, 2.45) is 0 Å². The number of amides is 2. The predicted octanol–water partition coefficient (Wildman–Crippen LogP) is 2.99. The number of nitrogens with one attached hydrogen (secondary N) is 1. The van der Waals surface area contributed by atoms with E-state index in [4.69, 9.17) is 4.74 Å². The lowest BCUT2D eigenvalue weighted by molar-refractivity contribution is -0.138. The molecule has 0 aromatic heterocycles. The van der Waals surface area contributed by atoms with E-state index in [0.717, 1.165) is 44.3 Å². The molecule has 2 aromatic rings. The lowest BCUT2D eigenvalue weighted by Gasteiger charge is -2.39. The molecular formula is C26H31N3O3. The summed E-state index contributed by atoms with van der Waals surface area (Å²) in [5.74, 6) is 0.108. The Labute approximate surface area is 189 Å². The summed E-state index contributed by atoms with van der Waals surface area (Å²) >= 11 is 0. The van der Waals surface area contributed by atoms with E-state index in [-0.39, 0.29) is 24.0 Å². The van der Waals surface area contributed by atoms with Crippen molar-refractivity contribution in [1.29, 1.82) is 0 Å². The van der Waals surface area contributed by atoms with Gasteiger partial charge >= 0.3 is 0 Å². The van der Waals surface area contributed by atoms with E-state index in [0.29, 0.717) is 19.7 Å². The van der Waals surface area contributed by atoms with Gasteiger partial charge in [-0.3, -0.25) is 14.9 Å². The first-order valence-corrected chi connectivity index (χ1v) is 11.7. The van der Waals surface area contributed by atoms with Crippen LogP contribution in [0.3, 0.4) is 0 Å². The maximum absolute atomic E-state index is 13.1. The predicted molar refractivity (Wildman–Crippen MR) is 122 cm³/mol. The van der Waals surface area contributed by atoms with Crippen molar-refractivity contribution in [2.75, 3.05) is 32.7 Å². The second-order valence-corrected chi connectivity index (χ2v) is 9.08. The molecule has 168 valence electrons. The molecule has 2 aromatic carbocycles. The molecule has 0 aliphatic carbocycles. The van der Waals surface area contributed by atoms with Crippen molar-refractivity contribution in [2.45, 2.75) is 43.9 Å². The summed E-state index contributed by atoms with van der Waals surface area (Å²) < 4.78 is 6.22. The third-order valence-electron chi connectivity index (χ3n) is 7.19. The summed E-state index contributed by atoms with van der Waals surface area (Å²) in [6.07, 6.45) is 3.72. The molecule has 0 bridgehead atoms. The average molecular weight is 434 g/mol. The summed E-state index contributed by atoms with van der Waals surface area (Å²) in [6, 6.07) is 17.7. The van der Waals surface area contributed by atoms with Crippen molar-refractivity contribution in [1.82, 2.24) is 15.1 Å². The highest BCUT2D eigenvalue weighted by atomic mass is 16.5. The largest absolute Gasteiger partial charge is 0.365 e. The number of rotatable bonds is 5. The van der Waals surface area contributed by atoms with Gasteiger partial charge in [0.05, 0.1) is 18.8 Å². The maximum atomic E-state index is 13.1. The van der Waals surface area contributed by atoms with Crippen LogP contribution >= 0.6 is 0 Å². The van der Waals surface area contributed by atoms with Gasteiger partial charge in [0.1, 0.15) is 6.04 Å². The molecule has 2 amide bonds. The van der Waals surface area contributed by atoms with Crippen LogP contribution in [0.5, 0.6) is 0 Å². The van der Waals surface area contributed by atoms with Crippen LogP contribution in [0.2, 0.25) is 0 Å². The van der Waals surface area contributed by atoms with Crippen molar-refractivity contribution in [3.05, 3.63) is 71.3 Å². The van der Waals surface area contributed by atoms with E-state index >= 15 is 0 Å². The molecule has 2 fully saturated rings. The number of ether oxygens (including phenoxy) is 1. The van der Waals surface area contributed by atoms with Crippen LogP contribution in [0.4, 0.5) is 0 Å². The number of fused-ring (bicyclic) bond motifs is 2. The molecule has 3 aliphatic heterocycles. The van der Waals surface area contributed by atoms with Gasteiger partial charge in [-0.15, -0.1) is 0 Å². The van der Waals surface area contributed by atoms with Crippen LogP contribution in [0.15, 0.2) is 54.6 Å². The summed E-state index contributed by atoms with van der Waals surface area (Å²) in [7, 11) is 0. The molecule has 0 saturated carbocycles. The third-order valence-corrected chi connectivity index (χ3v) is 7.19. The van der Waals surface area contributed by atoms with Gasteiger partial charge in [0, 0.05) is 26.2 Å². The molecule has 0 unspecified atom stereocenters. The minimum absolute atomic E-state index is 0.0429. The van der Waals surface area contributed by atoms with Gasteiger partial charge in [-0.2, -0.15) is 0 Å².